The molecule has 0 atom stereocenters. The van der Waals surface area contributed by atoms with E-state index in [1.807, 2.05) is 37.4 Å². The Morgan fingerprint density at radius 3 is 2.65 bits per heavy atom. The fraction of sp³-hybridized carbons (Fsp3) is 0.294. The maximum absolute atomic E-state index is 11.6. The Morgan fingerprint density at radius 1 is 1.17 bits per heavy atom. The monoisotopic (exact) mass is 332 g/mol. The summed E-state index contributed by atoms with van der Waals surface area (Å²) in [6.07, 6.45) is 0.815. The molecule has 1 amide bonds. The van der Waals surface area contributed by atoms with Gasteiger partial charge in [-0.05, 0) is 30.0 Å². The molecule has 0 aliphatic rings. The molecule has 122 valence electrons. The Labute approximate surface area is 139 Å². The van der Waals surface area contributed by atoms with Crippen molar-refractivity contribution in [2.45, 2.75) is 6.42 Å². The number of para-hydroxylation sites is 1. The molecule has 0 unspecified atom stereocenters. The second kappa shape index (κ2) is 8.95. The Hall–Kier alpha value is -2.34. The molecule has 0 fully saturated rings. The first-order valence-corrected chi connectivity index (χ1v) is 8.28. The minimum atomic E-state index is -0.459. The Kier molecular flexibility index (Phi) is 6.62. The van der Waals surface area contributed by atoms with Gasteiger partial charge in [0.25, 0.3) is 5.91 Å². The molecule has 1 N–H and O–H groups in total. The minimum Gasteiger partial charge on any atom is -0.451 e. The van der Waals surface area contributed by atoms with Crippen molar-refractivity contribution in [2.24, 2.45) is 0 Å². The largest absolute Gasteiger partial charge is 0.451 e. The number of carbonyl (C=O) groups excluding carboxylic acids is 2. The average molecular weight is 332 g/mol. The van der Waals surface area contributed by atoms with Crippen molar-refractivity contribution in [1.29, 1.82) is 0 Å². The number of nitrogens with one attached hydrogen (secondary N) is 1. The second-order valence-electron chi connectivity index (χ2n) is 5.01. The average Bonchev–Trinajstić information content (AvgIpc) is 3.12. The van der Waals surface area contributed by atoms with Crippen LogP contribution in [0.5, 0.6) is 0 Å². The zero-order valence-corrected chi connectivity index (χ0v) is 13.8. The highest BCUT2D eigenvalue weighted by Crippen LogP contribution is 2.11. The number of hydrogen-bond donors (Lipinski definition) is 1. The summed E-state index contributed by atoms with van der Waals surface area (Å²) in [5.74, 6) is -0.740. The molecule has 23 heavy (non-hydrogen) atoms. The van der Waals surface area contributed by atoms with Crippen LogP contribution in [0.4, 0.5) is 5.69 Å². The number of nitrogens with zero attached hydrogens (tertiary/aromatic N) is 1. The number of thiophene rings is 1. The summed E-state index contributed by atoms with van der Waals surface area (Å²) < 4.78 is 4.94. The van der Waals surface area contributed by atoms with Gasteiger partial charge in [0.05, 0.1) is 0 Å². The lowest BCUT2D eigenvalue weighted by Crippen LogP contribution is -2.31. The van der Waals surface area contributed by atoms with Gasteiger partial charge >= 0.3 is 5.97 Å². The van der Waals surface area contributed by atoms with E-state index in [0.29, 0.717) is 11.4 Å². The number of benzene rings is 1. The summed E-state index contributed by atoms with van der Waals surface area (Å²) in [4.78, 5) is 25.9. The lowest BCUT2D eigenvalue weighted by Gasteiger charge is -2.19. The van der Waals surface area contributed by atoms with Crippen molar-refractivity contribution in [3.05, 3.63) is 52.7 Å². The van der Waals surface area contributed by atoms with E-state index in [9.17, 15) is 9.59 Å². The van der Waals surface area contributed by atoms with Gasteiger partial charge in [-0.1, -0.05) is 24.3 Å². The van der Waals surface area contributed by atoms with E-state index in [1.54, 1.807) is 17.5 Å². The van der Waals surface area contributed by atoms with Crippen LogP contribution in [-0.2, 0) is 9.53 Å². The van der Waals surface area contributed by atoms with Gasteiger partial charge in [0, 0.05) is 25.8 Å². The molecule has 2 rings (SSSR count). The number of hydrogen-bond acceptors (Lipinski definition) is 5. The van der Waals surface area contributed by atoms with Gasteiger partial charge in [0.15, 0.2) is 6.61 Å². The van der Waals surface area contributed by atoms with Crippen LogP contribution in [0.25, 0.3) is 0 Å². The first kappa shape index (κ1) is 17.0. The Balaban J connectivity index is 1.59. The molecular formula is C17H20N2O3S. The molecule has 5 nitrogen and oxygen atoms in total. The van der Waals surface area contributed by atoms with Crippen molar-refractivity contribution in [1.82, 2.24) is 5.32 Å². The number of amides is 1. The van der Waals surface area contributed by atoms with Crippen LogP contribution in [0.15, 0.2) is 47.8 Å². The van der Waals surface area contributed by atoms with Gasteiger partial charge in [-0.15, -0.1) is 11.3 Å². The van der Waals surface area contributed by atoms with Crippen LogP contribution in [-0.4, -0.2) is 38.6 Å². The third-order valence-corrected chi connectivity index (χ3v) is 4.10. The van der Waals surface area contributed by atoms with E-state index in [1.165, 1.54) is 11.3 Å². The van der Waals surface area contributed by atoms with Crippen LogP contribution in [0, 0.1) is 0 Å². The van der Waals surface area contributed by atoms with Crippen molar-refractivity contribution in [3.63, 3.8) is 0 Å². The highest BCUT2D eigenvalue weighted by atomic mass is 32.1. The van der Waals surface area contributed by atoms with Gasteiger partial charge in [0.2, 0.25) is 0 Å². The van der Waals surface area contributed by atoms with Gasteiger partial charge in [-0.25, -0.2) is 4.79 Å². The number of anilines is 1. The molecule has 0 aliphatic carbocycles. The van der Waals surface area contributed by atoms with E-state index >= 15 is 0 Å². The van der Waals surface area contributed by atoms with Gasteiger partial charge in [0.1, 0.15) is 4.88 Å². The number of carbonyl (C=O) groups is 2. The fourth-order valence-corrected chi connectivity index (χ4v) is 2.62. The van der Waals surface area contributed by atoms with Crippen LogP contribution in [0.1, 0.15) is 16.1 Å². The summed E-state index contributed by atoms with van der Waals surface area (Å²) in [5.41, 5.74) is 1.14. The minimum absolute atomic E-state index is 0.245. The lowest BCUT2D eigenvalue weighted by molar-refractivity contribution is -0.124. The maximum atomic E-state index is 11.6. The lowest BCUT2D eigenvalue weighted by atomic mass is 10.3. The molecule has 0 radical (unpaired) electrons. The van der Waals surface area contributed by atoms with Crippen LogP contribution < -0.4 is 10.2 Å². The molecular weight excluding hydrogens is 312 g/mol. The summed E-state index contributed by atoms with van der Waals surface area (Å²) >= 11 is 1.29. The molecule has 1 aromatic carbocycles. The molecule has 0 aliphatic heterocycles. The first-order valence-electron chi connectivity index (χ1n) is 7.40. The summed E-state index contributed by atoms with van der Waals surface area (Å²) in [7, 11) is 2.01. The van der Waals surface area contributed by atoms with Crippen molar-refractivity contribution < 1.29 is 14.3 Å². The SMILES string of the molecule is CN(CCCNC(=O)COC(=O)c1cccs1)c1ccccc1. The Bertz CT molecular complexity index is 614. The number of rotatable bonds is 8. The quantitative estimate of drug-likeness (QED) is 0.596. The molecule has 0 spiro atoms. The van der Waals surface area contributed by atoms with E-state index in [4.69, 9.17) is 4.74 Å². The zero-order valence-electron chi connectivity index (χ0n) is 13.0. The third kappa shape index (κ3) is 5.75. The third-order valence-electron chi connectivity index (χ3n) is 3.25. The maximum Gasteiger partial charge on any atom is 0.348 e. The first-order chi connectivity index (χ1) is 11.2. The predicted octanol–water partition coefficient (Wildman–Crippen LogP) is 2.55. The van der Waals surface area contributed by atoms with Crippen molar-refractivity contribution in [3.8, 4) is 0 Å². The van der Waals surface area contributed by atoms with E-state index in [-0.39, 0.29) is 12.5 Å². The van der Waals surface area contributed by atoms with Crippen molar-refractivity contribution in [2.75, 3.05) is 31.6 Å². The van der Waals surface area contributed by atoms with Crippen LogP contribution in [0.2, 0.25) is 0 Å². The molecule has 6 heteroatoms. The van der Waals surface area contributed by atoms with E-state index < -0.39 is 5.97 Å². The van der Waals surface area contributed by atoms with Crippen molar-refractivity contribution >= 4 is 28.9 Å². The number of esters is 1. The highest BCUT2D eigenvalue weighted by Gasteiger charge is 2.10. The second-order valence-corrected chi connectivity index (χ2v) is 5.96. The zero-order chi connectivity index (χ0) is 16.5. The molecule has 0 bridgehead atoms. The smallest absolute Gasteiger partial charge is 0.348 e. The van der Waals surface area contributed by atoms with Crippen LogP contribution >= 0.6 is 11.3 Å². The fourth-order valence-electron chi connectivity index (χ4n) is 2.00. The molecule has 2 aromatic rings. The normalized spacial score (nSPS) is 10.1. The van der Waals surface area contributed by atoms with E-state index in [2.05, 4.69) is 10.2 Å². The van der Waals surface area contributed by atoms with Gasteiger partial charge in [-0.2, -0.15) is 0 Å². The summed E-state index contributed by atoms with van der Waals surface area (Å²) in [5, 5.41) is 4.54. The van der Waals surface area contributed by atoms with Crippen LogP contribution in [0.3, 0.4) is 0 Å². The topological polar surface area (TPSA) is 58.6 Å². The standard InChI is InChI=1S/C17H20N2O3S/c1-19(14-7-3-2-4-8-14)11-6-10-18-16(20)13-22-17(21)15-9-5-12-23-15/h2-5,7-9,12H,6,10-11,13H2,1H3,(H,18,20). The summed E-state index contributed by atoms with van der Waals surface area (Å²) in [6, 6.07) is 13.5. The van der Waals surface area contributed by atoms with Gasteiger partial charge < -0.3 is 15.0 Å². The van der Waals surface area contributed by atoms with E-state index in [0.717, 1.165) is 18.7 Å². The molecule has 0 saturated carbocycles. The summed E-state index contributed by atoms with van der Waals surface area (Å²) in [6.45, 7) is 1.14. The Morgan fingerprint density at radius 2 is 1.96 bits per heavy atom. The molecule has 1 aromatic heterocycles. The van der Waals surface area contributed by atoms with Gasteiger partial charge in [-0.3, -0.25) is 4.79 Å². The highest BCUT2D eigenvalue weighted by molar-refractivity contribution is 7.11. The predicted molar refractivity (Wildman–Crippen MR) is 91.9 cm³/mol. The molecule has 1 heterocycles. The number of ether oxygens (including phenoxy) is 1. The molecule has 0 saturated heterocycles.